The molecule has 3 aromatic rings. The lowest BCUT2D eigenvalue weighted by atomic mass is 9.81. The van der Waals surface area contributed by atoms with Crippen LogP contribution in [0.25, 0.3) is 11.2 Å². The van der Waals surface area contributed by atoms with Gasteiger partial charge in [0.15, 0.2) is 17.7 Å². The van der Waals surface area contributed by atoms with Crippen LogP contribution in [0.5, 0.6) is 0 Å². The van der Waals surface area contributed by atoms with Gasteiger partial charge in [-0.3, -0.25) is 37.3 Å². The number of imidazole rings is 1. The number of ether oxygens (including phenoxy) is 2. The predicted molar refractivity (Wildman–Crippen MR) is 254 cm³/mol. The quantitative estimate of drug-likeness (QED) is 0.0320. The van der Waals surface area contributed by atoms with Crippen molar-refractivity contribution in [2.45, 2.75) is 129 Å². The van der Waals surface area contributed by atoms with Crippen LogP contribution in [0.1, 0.15) is 103 Å². The Labute approximate surface area is 415 Å². The molecule has 3 heterocycles. The number of ketones is 1. The van der Waals surface area contributed by atoms with Crippen molar-refractivity contribution < 1.29 is 90.0 Å². The minimum atomic E-state index is -5.60. The molecular weight excluding hydrogens is 1010 g/mol. The number of anilines is 1. The summed E-state index contributed by atoms with van der Waals surface area (Å²) in [5, 5.41) is 26.7. The van der Waals surface area contributed by atoms with Gasteiger partial charge in [0.2, 0.25) is 11.8 Å². The number of Topliss-reactive ketones (excluding diaryl/α,β-unsaturated/α-hetero) is 1. The van der Waals surface area contributed by atoms with E-state index < -0.39 is 84.6 Å². The number of phosphoric ester groups is 3. The molecule has 1 saturated heterocycles. The molecule has 1 aliphatic carbocycles. The van der Waals surface area contributed by atoms with E-state index in [9.17, 15) is 62.7 Å². The zero-order chi connectivity index (χ0) is 53.1. The van der Waals surface area contributed by atoms with E-state index in [4.69, 9.17) is 24.3 Å². The average molecular weight is 1080 g/mol. The van der Waals surface area contributed by atoms with Crippen LogP contribution < -0.4 is 16.4 Å². The van der Waals surface area contributed by atoms with Crippen LogP contribution in [0.3, 0.4) is 0 Å². The molecule has 402 valence electrons. The second-order valence-corrected chi connectivity index (χ2v) is 23.9. The van der Waals surface area contributed by atoms with Crippen molar-refractivity contribution in [3.63, 3.8) is 0 Å². The number of aliphatic hydroxyl groups excluding tert-OH is 2. The van der Waals surface area contributed by atoms with E-state index in [1.54, 1.807) is 0 Å². The largest absolute Gasteiger partial charge is 0.481 e. The Morgan fingerprint density at radius 3 is 2.31 bits per heavy atom. The summed E-state index contributed by atoms with van der Waals surface area (Å²) in [4.78, 5) is 100.0. The molecule has 26 nitrogen and oxygen atoms in total. The van der Waals surface area contributed by atoms with Crippen LogP contribution in [0.4, 0.5) is 5.82 Å². The Morgan fingerprint density at radius 2 is 1.64 bits per heavy atom. The number of aliphatic hydroxyl groups is 2. The maximum atomic E-state index is 12.8. The van der Waals surface area contributed by atoms with Crippen LogP contribution in [0, 0.1) is 16.2 Å². The van der Waals surface area contributed by atoms with E-state index in [1.807, 2.05) is 13.8 Å². The minimum Gasteiger partial charge on any atom is -0.467 e. The van der Waals surface area contributed by atoms with Crippen molar-refractivity contribution >= 4 is 64.5 Å². The van der Waals surface area contributed by atoms with Crippen LogP contribution >= 0.6 is 23.5 Å². The third-order valence-electron chi connectivity index (χ3n) is 12.4. The summed E-state index contributed by atoms with van der Waals surface area (Å²) in [6.07, 6.45) is 1.26. The first kappa shape index (κ1) is 58.8. The molecule has 10 N–H and O–H groups in total. The number of rotatable bonds is 32. The fraction of sp³-hybridized carbons (Fsp3) is 0.651. The smallest absolute Gasteiger partial charge is 0.467 e. The van der Waals surface area contributed by atoms with Gasteiger partial charge in [-0.2, -0.15) is 4.31 Å². The zero-order valence-electron chi connectivity index (χ0n) is 40.4. The fourth-order valence-corrected chi connectivity index (χ4v) is 11.1. The van der Waals surface area contributed by atoms with Gasteiger partial charge in [0.25, 0.3) is 6.47 Å². The number of nitrogen functional groups attached to an aromatic ring is 1. The molecule has 0 bridgehead atoms. The topological polar surface area (TPSA) is 390 Å². The SMILES string of the molecule is CC(C)(CCCc1cccc(CCCC2(COC=O)CC2)c1)CC(=O)CCNC(=O)CCNC(=O)C(O)C(C)(C)COP(=O)(O)OP(=O)(O)OCC1OC(n2cnc3c(N)ncnc32)C(O)C1OP(=O)(O)O. The van der Waals surface area contributed by atoms with Crippen molar-refractivity contribution in [2.75, 3.05) is 38.6 Å². The third-order valence-corrected chi connectivity index (χ3v) is 15.5. The number of carbonyl (C=O) groups is 4. The van der Waals surface area contributed by atoms with E-state index in [1.165, 1.54) is 25.0 Å². The van der Waals surface area contributed by atoms with Crippen molar-refractivity contribution in [3.05, 3.63) is 48.0 Å². The number of phosphoric acid groups is 3. The Morgan fingerprint density at radius 1 is 0.972 bits per heavy atom. The molecule has 0 radical (unpaired) electrons. The lowest BCUT2D eigenvalue weighted by Crippen LogP contribution is -2.46. The van der Waals surface area contributed by atoms with Crippen molar-refractivity contribution in [1.29, 1.82) is 0 Å². The highest BCUT2D eigenvalue weighted by molar-refractivity contribution is 7.61. The van der Waals surface area contributed by atoms with Gasteiger partial charge in [0, 0.05) is 43.2 Å². The molecular formula is C43H66N7O19P3. The number of aromatic nitrogens is 4. The summed E-state index contributed by atoms with van der Waals surface area (Å²) in [6.45, 7) is 5.42. The molecule has 29 heteroatoms. The Bertz CT molecular complexity index is 2500. The van der Waals surface area contributed by atoms with E-state index in [0.717, 1.165) is 68.6 Å². The van der Waals surface area contributed by atoms with Crippen LogP contribution in [-0.4, -0.2) is 131 Å². The van der Waals surface area contributed by atoms with Gasteiger partial charge in [-0.25, -0.2) is 28.6 Å². The number of nitrogens with zero attached hydrogens (tertiary/aromatic N) is 4. The van der Waals surface area contributed by atoms with E-state index in [2.05, 4.69) is 58.7 Å². The second kappa shape index (κ2) is 25.0. The lowest BCUT2D eigenvalue weighted by Gasteiger charge is -2.30. The maximum absolute atomic E-state index is 12.8. The van der Waals surface area contributed by atoms with Crippen LogP contribution in [0.15, 0.2) is 36.9 Å². The van der Waals surface area contributed by atoms with Crippen molar-refractivity contribution in [2.24, 2.45) is 16.2 Å². The summed E-state index contributed by atoms with van der Waals surface area (Å²) in [5.74, 6) is -1.52. The monoisotopic (exact) mass is 1080 g/mol. The predicted octanol–water partition coefficient (Wildman–Crippen LogP) is 3.08. The first-order chi connectivity index (χ1) is 33.6. The number of nitrogens with two attached hydrogens (primary N) is 1. The standard InChI is InChI=1S/C43H66N7O19P3/c1-41(2,14-6-10-28-8-5-9-29(20-28)11-7-15-43(16-17-43)24-64-27-51)21-30(52)12-18-45-32(53)13-19-46-39(56)36(55)42(3,4)23-66-72(62,63)69-71(60,61)65-22-31-35(68-70(57,58)59)34(54)40(67-31)50-26-49-33-37(44)47-25-48-38(33)50/h5,8-9,20,25-27,31,34-36,40,54-55H,6-7,10-19,21-24H2,1-4H3,(H,45,53)(H,46,56)(H,60,61)(H,62,63)(H2,44,47,48)(H2,57,58,59). The second-order valence-electron chi connectivity index (χ2n) is 19.6. The zero-order valence-corrected chi connectivity index (χ0v) is 43.1. The highest BCUT2D eigenvalue weighted by Gasteiger charge is 2.50. The molecule has 0 spiro atoms. The molecule has 7 atom stereocenters. The molecule has 72 heavy (non-hydrogen) atoms. The number of hydrogen-bond acceptors (Lipinski definition) is 19. The fourth-order valence-electron chi connectivity index (χ4n) is 8.22. The Hall–Kier alpha value is -4.10. The molecule has 5 rings (SSSR count). The molecule has 2 amide bonds. The van der Waals surface area contributed by atoms with Gasteiger partial charge < -0.3 is 55.6 Å². The normalized spacial score (nSPS) is 21.1. The van der Waals surface area contributed by atoms with Gasteiger partial charge in [-0.15, -0.1) is 0 Å². The first-order valence-electron chi connectivity index (χ1n) is 23.2. The number of nitrogens with one attached hydrogen (secondary N) is 2. The molecule has 2 aromatic heterocycles. The summed E-state index contributed by atoms with van der Waals surface area (Å²) >= 11 is 0. The van der Waals surface area contributed by atoms with Gasteiger partial charge >= 0.3 is 23.5 Å². The molecule has 1 aliphatic heterocycles. The molecule has 7 unspecified atom stereocenters. The van der Waals surface area contributed by atoms with Crippen molar-refractivity contribution in [1.82, 2.24) is 30.2 Å². The average Bonchev–Trinajstić information content (AvgIpc) is 3.81. The lowest BCUT2D eigenvalue weighted by molar-refractivity contribution is -0.137. The number of fused-ring (bicyclic) bond motifs is 1. The number of amides is 2. The van der Waals surface area contributed by atoms with Gasteiger partial charge in [-0.1, -0.05) is 52.0 Å². The number of carbonyl (C=O) groups excluding carboxylic acids is 4. The number of hydrogen-bond donors (Lipinski definition) is 9. The molecule has 2 aliphatic rings. The van der Waals surface area contributed by atoms with Crippen LogP contribution in [-0.2, 0) is 73.1 Å². The Kier molecular flexibility index (Phi) is 20.4. The summed E-state index contributed by atoms with van der Waals surface area (Å²) in [7, 11) is -16.5. The molecule has 1 aromatic carbocycles. The number of aryl methyl sites for hydroxylation is 2. The molecule has 2 fully saturated rings. The van der Waals surface area contributed by atoms with Gasteiger partial charge in [0.1, 0.15) is 42.0 Å². The summed E-state index contributed by atoms with van der Waals surface area (Å²) in [5.41, 5.74) is 6.68. The Balaban J connectivity index is 0.970. The van der Waals surface area contributed by atoms with Gasteiger partial charge in [0.05, 0.1) is 26.1 Å². The highest BCUT2D eigenvalue weighted by atomic mass is 31.3. The van der Waals surface area contributed by atoms with Crippen molar-refractivity contribution in [3.8, 4) is 0 Å². The maximum Gasteiger partial charge on any atom is 0.481 e. The van der Waals surface area contributed by atoms with Crippen LogP contribution in [0.2, 0.25) is 0 Å². The van der Waals surface area contributed by atoms with E-state index in [-0.39, 0.29) is 59.5 Å². The first-order valence-corrected chi connectivity index (χ1v) is 27.7. The van der Waals surface area contributed by atoms with E-state index >= 15 is 0 Å². The van der Waals surface area contributed by atoms with Gasteiger partial charge in [-0.05, 0) is 67.9 Å². The minimum absolute atomic E-state index is 0.0106. The number of benzene rings is 1. The summed E-state index contributed by atoms with van der Waals surface area (Å²) < 4.78 is 67.6. The summed E-state index contributed by atoms with van der Waals surface area (Å²) in [6, 6.07) is 8.55. The third kappa shape index (κ3) is 18.1. The molecule has 1 saturated carbocycles. The highest BCUT2D eigenvalue weighted by Crippen LogP contribution is 2.61. The van der Waals surface area contributed by atoms with E-state index in [0.29, 0.717) is 19.5 Å².